The highest BCUT2D eigenvalue weighted by molar-refractivity contribution is 5.95. The molecular weight excluding hydrogens is 310 g/mol. The summed E-state index contributed by atoms with van der Waals surface area (Å²) in [5, 5.41) is 14.9. The van der Waals surface area contributed by atoms with Crippen LogP contribution >= 0.6 is 0 Å². The van der Waals surface area contributed by atoms with Crippen molar-refractivity contribution < 1.29 is 9.53 Å². The summed E-state index contributed by atoms with van der Waals surface area (Å²) in [4.78, 5) is 18.9. The number of fused-ring (bicyclic) bond motifs is 1. The highest BCUT2D eigenvalue weighted by Gasteiger charge is 2.29. The number of ether oxygens (including phenoxy) is 1. The maximum absolute atomic E-state index is 12.1. The number of carbonyl (C=O) groups is 1. The first-order valence-corrected chi connectivity index (χ1v) is 7.91. The maximum Gasteiger partial charge on any atom is 0.343 e. The number of esters is 1. The van der Waals surface area contributed by atoms with E-state index in [9.17, 15) is 4.79 Å². The lowest BCUT2D eigenvalue weighted by molar-refractivity contribution is 0.0528. The number of nitrogens with one attached hydrogen (secondary N) is 1. The van der Waals surface area contributed by atoms with Gasteiger partial charge in [0.1, 0.15) is 17.1 Å². The van der Waals surface area contributed by atoms with Crippen molar-refractivity contribution in [1.82, 2.24) is 30.0 Å². The Kier molecular flexibility index (Phi) is 3.60. The first-order chi connectivity index (χ1) is 11.8. The van der Waals surface area contributed by atoms with E-state index in [-0.39, 0.29) is 6.04 Å². The lowest BCUT2D eigenvalue weighted by Gasteiger charge is -2.24. The van der Waals surface area contributed by atoms with Gasteiger partial charge in [0.2, 0.25) is 0 Å². The van der Waals surface area contributed by atoms with Crippen LogP contribution in [0, 0.1) is 0 Å². The molecule has 0 amide bonds. The fourth-order valence-electron chi connectivity index (χ4n) is 3.09. The minimum absolute atomic E-state index is 0.132. The number of anilines is 1. The van der Waals surface area contributed by atoms with Gasteiger partial charge in [-0.05, 0) is 25.8 Å². The second-order valence-corrected chi connectivity index (χ2v) is 5.58. The summed E-state index contributed by atoms with van der Waals surface area (Å²) in [7, 11) is 0. The van der Waals surface area contributed by atoms with Crippen LogP contribution in [0.5, 0.6) is 0 Å². The summed E-state index contributed by atoms with van der Waals surface area (Å²) in [6.45, 7) is 2.97. The van der Waals surface area contributed by atoms with E-state index >= 15 is 0 Å². The van der Waals surface area contributed by atoms with Gasteiger partial charge in [-0.25, -0.2) is 14.3 Å². The van der Waals surface area contributed by atoms with E-state index < -0.39 is 5.97 Å². The zero-order valence-electron chi connectivity index (χ0n) is 13.2. The first-order valence-electron chi connectivity index (χ1n) is 7.91. The number of aromatic amines is 1. The van der Waals surface area contributed by atoms with E-state index in [1.54, 1.807) is 23.8 Å². The quantitative estimate of drug-likeness (QED) is 0.722. The van der Waals surface area contributed by atoms with Crippen LogP contribution in [0.25, 0.3) is 5.65 Å². The second kappa shape index (κ2) is 5.91. The van der Waals surface area contributed by atoms with Crippen molar-refractivity contribution in [1.29, 1.82) is 0 Å². The van der Waals surface area contributed by atoms with Gasteiger partial charge in [0.25, 0.3) is 0 Å². The summed E-state index contributed by atoms with van der Waals surface area (Å²) < 4.78 is 6.65. The molecule has 0 spiro atoms. The van der Waals surface area contributed by atoms with Crippen molar-refractivity contribution in [2.45, 2.75) is 25.8 Å². The summed E-state index contributed by atoms with van der Waals surface area (Å²) in [5.41, 5.74) is 1.76. The Bertz CT molecular complexity index is 858. The van der Waals surface area contributed by atoms with Crippen LogP contribution in [0.3, 0.4) is 0 Å². The van der Waals surface area contributed by atoms with E-state index in [1.165, 1.54) is 6.20 Å². The molecule has 0 saturated carbocycles. The molecule has 1 aliphatic rings. The number of carbonyl (C=O) groups excluding carboxylic acids is 1. The zero-order valence-corrected chi connectivity index (χ0v) is 13.2. The van der Waals surface area contributed by atoms with Crippen LogP contribution in [-0.4, -0.2) is 49.1 Å². The number of H-pyrrole nitrogens is 1. The van der Waals surface area contributed by atoms with Crippen molar-refractivity contribution in [3.63, 3.8) is 0 Å². The summed E-state index contributed by atoms with van der Waals surface area (Å²) >= 11 is 0. The molecule has 4 rings (SSSR count). The molecule has 0 bridgehead atoms. The molecule has 0 aromatic carbocycles. The van der Waals surface area contributed by atoms with E-state index in [2.05, 4.69) is 30.4 Å². The SMILES string of the molecule is CCOC(=O)c1cnn2ccc(N3CCC[C@@H]3c3cn[nH]n3)nc12. The third-order valence-electron chi connectivity index (χ3n) is 4.17. The van der Waals surface area contributed by atoms with Gasteiger partial charge in [-0.15, -0.1) is 0 Å². The van der Waals surface area contributed by atoms with Gasteiger partial charge < -0.3 is 9.64 Å². The molecule has 0 aliphatic carbocycles. The predicted octanol–water partition coefficient (Wildman–Crippen LogP) is 1.37. The molecule has 1 N–H and O–H groups in total. The van der Waals surface area contributed by atoms with E-state index in [4.69, 9.17) is 4.74 Å². The Hall–Kier alpha value is -2.97. The average Bonchev–Trinajstić information content (AvgIpc) is 3.33. The zero-order chi connectivity index (χ0) is 16.5. The Labute approximate surface area is 137 Å². The van der Waals surface area contributed by atoms with E-state index in [0.29, 0.717) is 17.8 Å². The van der Waals surface area contributed by atoms with Crippen molar-refractivity contribution >= 4 is 17.4 Å². The molecule has 0 radical (unpaired) electrons. The van der Waals surface area contributed by atoms with E-state index in [0.717, 1.165) is 30.9 Å². The Morgan fingerprint density at radius 2 is 2.38 bits per heavy atom. The highest BCUT2D eigenvalue weighted by Crippen LogP contribution is 2.34. The molecule has 1 aliphatic heterocycles. The van der Waals surface area contributed by atoms with Crippen molar-refractivity contribution in [3.8, 4) is 0 Å². The van der Waals surface area contributed by atoms with Crippen molar-refractivity contribution in [2.24, 2.45) is 0 Å². The van der Waals surface area contributed by atoms with Gasteiger partial charge in [0.05, 0.1) is 25.0 Å². The number of hydrogen-bond donors (Lipinski definition) is 1. The van der Waals surface area contributed by atoms with Gasteiger partial charge in [-0.1, -0.05) is 0 Å². The fourth-order valence-corrected chi connectivity index (χ4v) is 3.09. The molecule has 1 saturated heterocycles. The Balaban J connectivity index is 1.71. The van der Waals surface area contributed by atoms with Crippen LogP contribution in [0.4, 0.5) is 5.82 Å². The molecule has 1 atom stereocenters. The minimum atomic E-state index is -0.411. The molecule has 24 heavy (non-hydrogen) atoms. The summed E-state index contributed by atoms with van der Waals surface area (Å²) in [5.74, 6) is 0.380. The van der Waals surface area contributed by atoms with Crippen LogP contribution in [0.2, 0.25) is 0 Å². The Morgan fingerprint density at radius 1 is 1.46 bits per heavy atom. The van der Waals surface area contributed by atoms with Crippen LogP contribution in [-0.2, 0) is 4.74 Å². The third kappa shape index (κ3) is 2.38. The standard InChI is InChI=1S/C15H17N7O2/c1-2-24-15(23)10-8-17-22-7-5-13(18-14(10)22)21-6-3-4-12(21)11-9-16-20-19-11/h5,7-9,12H,2-4,6H2,1H3,(H,16,19,20)/t12-/m1/s1. The fraction of sp³-hybridized carbons (Fsp3) is 0.400. The predicted molar refractivity (Wildman–Crippen MR) is 84.6 cm³/mol. The largest absolute Gasteiger partial charge is 0.462 e. The molecule has 1 fully saturated rings. The lowest BCUT2D eigenvalue weighted by Crippen LogP contribution is -2.24. The molecule has 9 heteroatoms. The van der Waals surface area contributed by atoms with E-state index in [1.807, 2.05) is 6.07 Å². The molecular formula is C15H17N7O2. The average molecular weight is 327 g/mol. The van der Waals surface area contributed by atoms with Gasteiger partial charge >= 0.3 is 5.97 Å². The van der Waals surface area contributed by atoms with Gasteiger partial charge in [-0.3, -0.25) is 0 Å². The normalized spacial score (nSPS) is 17.5. The number of nitrogens with zero attached hydrogens (tertiary/aromatic N) is 6. The second-order valence-electron chi connectivity index (χ2n) is 5.58. The molecule has 4 heterocycles. The molecule has 0 unspecified atom stereocenters. The first kappa shape index (κ1) is 14.6. The molecule has 3 aromatic rings. The van der Waals surface area contributed by atoms with Gasteiger partial charge in [-0.2, -0.15) is 20.5 Å². The molecule has 9 nitrogen and oxygen atoms in total. The maximum atomic E-state index is 12.1. The monoisotopic (exact) mass is 327 g/mol. The minimum Gasteiger partial charge on any atom is -0.462 e. The van der Waals surface area contributed by atoms with Crippen molar-refractivity contribution in [2.75, 3.05) is 18.1 Å². The summed E-state index contributed by atoms with van der Waals surface area (Å²) in [6, 6.07) is 2.03. The lowest BCUT2D eigenvalue weighted by atomic mass is 10.1. The highest BCUT2D eigenvalue weighted by atomic mass is 16.5. The topological polar surface area (TPSA) is 101 Å². The van der Waals surface area contributed by atoms with Crippen LogP contribution < -0.4 is 4.90 Å². The number of rotatable bonds is 4. The third-order valence-corrected chi connectivity index (χ3v) is 4.17. The van der Waals surface area contributed by atoms with Gasteiger partial charge in [0, 0.05) is 12.7 Å². The van der Waals surface area contributed by atoms with Gasteiger partial charge in [0.15, 0.2) is 5.65 Å². The molecule has 3 aromatic heterocycles. The van der Waals surface area contributed by atoms with Crippen molar-refractivity contribution in [3.05, 3.63) is 35.9 Å². The summed E-state index contributed by atoms with van der Waals surface area (Å²) in [6.07, 6.45) is 7.07. The smallest absolute Gasteiger partial charge is 0.343 e. The number of aromatic nitrogens is 6. The Morgan fingerprint density at radius 3 is 3.17 bits per heavy atom. The van der Waals surface area contributed by atoms with Crippen LogP contribution in [0.1, 0.15) is 41.9 Å². The molecule has 124 valence electrons. The van der Waals surface area contributed by atoms with Crippen LogP contribution in [0.15, 0.2) is 24.7 Å². The number of hydrogen-bond acceptors (Lipinski definition) is 7.